The van der Waals surface area contributed by atoms with Crippen molar-refractivity contribution in [2.45, 2.75) is 32.2 Å². The summed E-state index contributed by atoms with van der Waals surface area (Å²) in [6.07, 6.45) is 5.49. The zero-order valence-corrected chi connectivity index (χ0v) is 11.8. The van der Waals surface area contributed by atoms with Crippen LogP contribution in [0.5, 0.6) is 0 Å². The molecule has 1 aliphatic carbocycles. The van der Waals surface area contributed by atoms with E-state index in [-0.39, 0.29) is 0 Å². The van der Waals surface area contributed by atoms with Crippen molar-refractivity contribution in [3.8, 4) is 10.6 Å². The van der Waals surface area contributed by atoms with Crippen LogP contribution in [0, 0.1) is 6.92 Å². The van der Waals surface area contributed by atoms with Crippen LogP contribution >= 0.6 is 11.3 Å². The molecule has 1 atom stereocenters. The summed E-state index contributed by atoms with van der Waals surface area (Å²) in [5, 5.41) is 8.82. The van der Waals surface area contributed by atoms with Gasteiger partial charge in [-0.15, -0.1) is 11.3 Å². The number of hydrogen-bond donors (Lipinski definition) is 1. The predicted molar refractivity (Wildman–Crippen MR) is 73.8 cm³/mol. The smallest absolute Gasteiger partial charge is 0.127 e. The minimum absolute atomic E-state index is 0.483. The molecule has 1 unspecified atom stereocenters. The molecule has 0 spiro atoms. The van der Waals surface area contributed by atoms with Crippen molar-refractivity contribution in [2.75, 3.05) is 7.05 Å². The lowest BCUT2D eigenvalue weighted by atomic mass is 9.98. The average molecular weight is 262 g/mol. The molecule has 0 radical (unpaired) electrons. The van der Waals surface area contributed by atoms with Gasteiger partial charge in [0.1, 0.15) is 5.01 Å². The molecule has 0 aromatic carbocycles. The lowest BCUT2D eigenvalue weighted by Gasteiger charge is -2.19. The zero-order valence-electron chi connectivity index (χ0n) is 11.0. The van der Waals surface area contributed by atoms with Gasteiger partial charge in [-0.1, -0.05) is 0 Å². The lowest BCUT2D eigenvalue weighted by molar-refractivity contribution is 0.501. The summed E-state index contributed by atoms with van der Waals surface area (Å²) in [4.78, 5) is 6.24. The third-order valence-corrected chi connectivity index (χ3v) is 5.01. The number of rotatable bonds is 2. The van der Waals surface area contributed by atoms with Gasteiger partial charge >= 0.3 is 0 Å². The van der Waals surface area contributed by atoms with E-state index in [1.807, 2.05) is 36.3 Å². The first-order chi connectivity index (χ1) is 8.70. The molecular weight excluding hydrogens is 244 g/mol. The van der Waals surface area contributed by atoms with Crippen LogP contribution in [0.25, 0.3) is 10.6 Å². The summed E-state index contributed by atoms with van der Waals surface area (Å²) < 4.78 is 1.91. The first kappa shape index (κ1) is 11.9. The Bertz CT molecular complexity index is 570. The summed E-state index contributed by atoms with van der Waals surface area (Å²) in [6, 6.07) is 0.483. The first-order valence-electron chi connectivity index (χ1n) is 6.36. The van der Waals surface area contributed by atoms with Crippen molar-refractivity contribution in [1.82, 2.24) is 20.1 Å². The second kappa shape index (κ2) is 4.48. The van der Waals surface area contributed by atoms with Gasteiger partial charge in [-0.3, -0.25) is 4.68 Å². The number of nitrogens with one attached hydrogen (secondary N) is 1. The fraction of sp³-hybridized carbons (Fsp3) is 0.538. The van der Waals surface area contributed by atoms with E-state index in [1.54, 1.807) is 0 Å². The largest absolute Gasteiger partial charge is 0.312 e. The van der Waals surface area contributed by atoms with E-state index in [0.717, 1.165) is 11.4 Å². The van der Waals surface area contributed by atoms with Gasteiger partial charge in [0.25, 0.3) is 0 Å². The molecule has 4 nitrogen and oxygen atoms in total. The van der Waals surface area contributed by atoms with Crippen LogP contribution < -0.4 is 5.32 Å². The maximum atomic E-state index is 4.82. The fourth-order valence-electron chi connectivity index (χ4n) is 2.52. The van der Waals surface area contributed by atoms with Crippen LogP contribution in [0.2, 0.25) is 0 Å². The maximum absolute atomic E-state index is 4.82. The van der Waals surface area contributed by atoms with Crippen molar-refractivity contribution in [2.24, 2.45) is 7.05 Å². The van der Waals surface area contributed by atoms with Gasteiger partial charge in [0, 0.05) is 23.7 Å². The van der Waals surface area contributed by atoms with E-state index in [9.17, 15) is 0 Å². The van der Waals surface area contributed by atoms with Crippen LogP contribution in [0.15, 0.2) is 6.20 Å². The van der Waals surface area contributed by atoms with Crippen LogP contribution in [-0.2, 0) is 13.5 Å². The molecule has 0 saturated carbocycles. The van der Waals surface area contributed by atoms with Crippen molar-refractivity contribution in [1.29, 1.82) is 0 Å². The molecule has 0 saturated heterocycles. The quantitative estimate of drug-likeness (QED) is 0.904. The third kappa shape index (κ3) is 1.78. The van der Waals surface area contributed by atoms with Crippen LogP contribution in [0.4, 0.5) is 0 Å². The van der Waals surface area contributed by atoms with Crippen LogP contribution in [-0.4, -0.2) is 21.8 Å². The summed E-state index contributed by atoms with van der Waals surface area (Å²) in [7, 11) is 4.01. The van der Waals surface area contributed by atoms with Gasteiger partial charge in [0.2, 0.25) is 0 Å². The minimum atomic E-state index is 0.483. The van der Waals surface area contributed by atoms with E-state index >= 15 is 0 Å². The Balaban J connectivity index is 2.05. The lowest BCUT2D eigenvalue weighted by Crippen LogP contribution is -2.19. The first-order valence-corrected chi connectivity index (χ1v) is 7.18. The Morgan fingerprint density at radius 3 is 3.00 bits per heavy atom. The van der Waals surface area contributed by atoms with E-state index in [0.29, 0.717) is 6.04 Å². The van der Waals surface area contributed by atoms with Gasteiger partial charge in [-0.25, -0.2) is 4.98 Å². The zero-order chi connectivity index (χ0) is 12.7. The Kier molecular flexibility index (Phi) is 2.95. The summed E-state index contributed by atoms with van der Waals surface area (Å²) in [6.45, 7) is 2.10. The van der Waals surface area contributed by atoms with E-state index < -0.39 is 0 Å². The molecule has 96 valence electrons. The van der Waals surface area contributed by atoms with Gasteiger partial charge in [0.05, 0.1) is 17.5 Å². The molecule has 3 rings (SSSR count). The highest BCUT2D eigenvalue weighted by molar-refractivity contribution is 7.15. The molecule has 2 aromatic heterocycles. The molecule has 1 aliphatic rings. The molecule has 2 aromatic rings. The molecule has 0 aliphatic heterocycles. The number of aryl methyl sites for hydroxylation is 2. The Morgan fingerprint density at radius 1 is 1.50 bits per heavy atom. The summed E-state index contributed by atoms with van der Waals surface area (Å²) in [5.41, 5.74) is 3.64. The standard InChI is InChI=1S/C13H18N4S/c1-8-9(7-15-17(8)3)13-16-11-6-4-5-10(14-2)12(11)18-13/h7,10,14H,4-6H2,1-3H3. The van der Waals surface area contributed by atoms with Gasteiger partial charge in [-0.2, -0.15) is 5.10 Å². The van der Waals surface area contributed by atoms with Crippen LogP contribution in [0.1, 0.15) is 35.1 Å². The number of thiazole rings is 1. The Morgan fingerprint density at radius 2 is 2.33 bits per heavy atom. The predicted octanol–water partition coefficient (Wildman–Crippen LogP) is 2.45. The molecule has 2 heterocycles. The number of fused-ring (bicyclic) bond motifs is 1. The molecule has 0 fully saturated rings. The number of nitrogens with zero attached hydrogens (tertiary/aromatic N) is 3. The SMILES string of the molecule is CNC1CCCc2nc(-c3cnn(C)c3C)sc21. The molecule has 1 N–H and O–H groups in total. The second-order valence-corrected chi connectivity index (χ2v) is 5.86. The normalized spacial score (nSPS) is 18.9. The van der Waals surface area contributed by atoms with Crippen molar-refractivity contribution >= 4 is 11.3 Å². The molecule has 0 bridgehead atoms. The molecule has 0 amide bonds. The molecule has 18 heavy (non-hydrogen) atoms. The Hall–Kier alpha value is -1.20. The van der Waals surface area contributed by atoms with E-state index in [1.165, 1.54) is 34.7 Å². The molecular formula is C13H18N4S. The van der Waals surface area contributed by atoms with Gasteiger partial charge in [-0.05, 0) is 33.2 Å². The monoisotopic (exact) mass is 262 g/mol. The van der Waals surface area contributed by atoms with E-state index in [2.05, 4.69) is 17.3 Å². The minimum Gasteiger partial charge on any atom is -0.312 e. The van der Waals surface area contributed by atoms with Gasteiger partial charge < -0.3 is 5.32 Å². The van der Waals surface area contributed by atoms with Crippen molar-refractivity contribution in [3.63, 3.8) is 0 Å². The average Bonchev–Trinajstić information content (AvgIpc) is 2.94. The van der Waals surface area contributed by atoms with Gasteiger partial charge in [0.15, 0.2) is 0 Å². The number of hydrogen-bond acceptors (Lipinski definition) is 4. The second-order valence-electron chi connectivity index (χ2n) is 4.83. The maximum Gasteiger partial charge on any atom is 0.127 e. The van der Waals surface area contributed by atoms with Crippen molar-refractivity contribution < 1.29 is 0 Å². The topological polar surface area (TPSA) is 42.7 Å². The highest BCUT2D eigenvalue weighted by Crippen LogP contribution is 2.38. The van der Waals surface area contributed by atoms with E-state index in [4.69, 9.17) is 4.98 Å². The highest BCUT2D eigenvalue weighted by Gasteiger charge is 2.24. The Labute approximate surface area is 111 Å². The van der Waals surface area contributed by atoms with Crippen molar-refractivity contribution in [3.05, 3.63) is 22.5 Å². The highest BCUT2D eigenvalue weighted by atomic mass is 32.1. The third-order valence-electron chi connectivity index (χ3n) is 3.76. The molecule has 5 heteroatoms. The summed E-state index contributed by atoms with van der Waals surface area (Å²) >= 11 is 1.82. The fourth-order valence-corrected chi connectivity index (χ4v) is 3.84. The number of aromatic nitrogens is 3. The summed E-state index contributed by atoms with van der Waals surface area (Å²) in [5.74, 6) is 0. The van der Waals surface area contributed by atoms with Crippen LogP contribution in [0.3, 0.4) is 0 Å².